The van der Waals surface area contributed by atoms with Crippen molar-refractivity contribution in [3.8, 4) is 5.88 Å². The quantitative estimate of drug-likeness (QED) is 0.194. The van der Waals surface area contributed by atoms with Crippen LogP contribution in [0.15, 0.2) is 18.2 Å². The summed E-state index contributed by atoms with van der Waals surface area (Å²) in [7, 11) is 1.38. The number of benzene rings is 1. The van der Waals surface area contributed by atoms with Crippen LogP contribution in [0.1, 0.15) is 41.6 Å². The Hall–Kier alpha value is -3.43. The van der Waals surface area contributed by atoms with E-state index in [1.807, 2.05) is 0 Å². The monoisotopic (exact) mass is 652 g/mol. The molecule has 2 amide bonds. The molecule has 1 saturated carbocycles. The second-order valence-electron chi connectivity index (χ2n) is 9.79. The van der Waals surface area contributed by atoms with Crippen molar-refractivity contribution in [3.05, 3.63) is 39.4 Å². The fraction of sp³-hybridized carbons (Fsp3) is 0.462. The lowest BCUT2D eigenvalue weighted by Crippen LogP contribution is -2.40. The zero-order valence-corrected chi connectivity index (χ0v) is 24.1. The number of carbonyl (C=O) groups is 2. The molecule has 0 unspecified atom stereocenters. The second kappa shape index (κ2) is 13.9. The van der Waals surface area contributed by atoms with Crippen molar-refractivity contribution >= 4 is 57.8 Å². The number of anilines is 2. The van der Waals surface area contributed by atoms with Crippen LogP contribution < -0.4 is 20.7 Å². The van der Waals surface area contributed by atoms with Gasteiger partial charge in [-0.25, -0.2) is 8.78 Å². The number of carbonyl (C=O) groups excluding carboxylic acids is 2. The van der Waals surface area contributed by atoms with Gasteiger partial charge in [0.25, 0.3) is 12.3 Å². The molecule has 0 aliphatic heterocycles. The second-order valence-corrected chi connectivity index (χ2v) is 10.6. The van der Waals surface area contributed by atoms with E-state index in [4.69, 9.17) is 32.7 Å². The summed E-state index contributed by atoms with van der Waals surface area (Å²) >= 11 is 12.9. The number of pyridine rings is 1. The minimum Gasteiger partial charge on any atom is -0.471 e. The predicted molar refractivity (Wildman–Crippen MR) is 148 cm³/mol. The molecule has 1 aromatic carbocycles. The number of rotatable bonds is 11. The first-order valence-electron chi connectivity index (χ1n) is 13.0. The molecule has 2 aromatic heterocycles. The Bertz CT molecular complexity index is 1460. The highest BCUT2D eigenvalue weighted by Gasteiger charge is 2.41. The normalized spacial score (nSPS) is 17.2. The van der Waals surface area contributed by atoms with Gasteiger partial charge in [-0.15, -0.1) is 0 Å². The molecule has 1 aliphatic carbocycles. The van der Waals surface area contributed by atoms with Crippen LogP contribution in [0.25, 0.3) is 11.2 Å². The highest BCUT2D eigenvalue weighted by atomic mass is 35.5. The molecule has 0 saturated heterocycles. The SMILES string of the molecule is COCC(=O)NCc1ccc(Cl)c(Nc2nc3nc(OCC(F)F)c(C(=O)NC4CCC(C(F)(F)F)CC4)cc3[nH]2)c1Cl. The third-order valence-corrected chi connectivity index (χ3v) is 7.47. The molecule has 0 spiro atoms. The van der Waals surface area contributed by atoms with E-state index in [0.717, 1.165) is 0 Å². The first kappa shape index (κ1) is 32.5. The number of nitrogens with one attached hydrogen (secondary N) is 4. The molecule has 234 valence electrons. The lowest BCUT2D eigenvalue weighted by molar-refractivity contribution is -0.182. The summed E-state index contributed by atoms with van der Waals surface area (Å²) < 4.78 is 74.8. The van der Waals surface area contributed by atoms with E-state index < -0.39 is 43.0 Å². The van der Waals surface area contributed by atoms with Crippen molar-refractivity contribution in [1.82, 2.24) is 25.6 Å². The highest BCUT2D eigenvalue weighted by Crippen LogP contribution is 2.38. The minimum absolute atomic E-state index is 0.00392. The average Bonchev–Trinajstić information content (AvgIpc) is 3.34. The Balaban J connectivity index is 1.56. The van der Waals surface area contributed by atoms with E-state index in [1.165, 1.54) is 13.2 Å². The van der Waals surface area contributed by atoms with E-state index in [2.05, 4.69) is 30.9 Å². The number of fused-ring (bicyclic) bond motifs is 1. The zero-order valence-electron chi connectivity index (χ0n) is 22.6. The minimum atomic E-state index is -4.30. The molecule has 4 N–H and O–H groups in total. The molecule has 0 radical (unpaired) electrons. The number of aromatic amines is 1. The molecule has 17 heteroatoms. The summed E-state index contributed by atoms with van der Waals surface area (Å²) in [5.41, 5.74) is 0.782. The van der Waals surface area contributed by atoms with Crippen LogP contribution in [0.4, 0.5) is 33.6 Å². The van der Waals surface area contributed by atoms with Crippen LogP contribution in [0.3, 0.4) is 0 Å². The van der Waals surface area contributed by atoms with Crippen LogP contribution in [0.5, 0.6) is 5.88 Å². The van der Waals surface area contributed by atoms with E-state index in [-0.39, 0.29) is 83.2 Å². The molecule has 1 aliphatic rings. The summed E-state index contributed by atoms with van der Waals surface area (Å²) in [5.74, 6) is -2.87. The molecule has 0 atom stereocenters. The molecule has 0 bridgehead atoms. The Morgan fingerprint density at radius 3 is 2.51 bits per heavy atom. The van der Waals surface area contributed by atoms with Crippen molar-refractivity contribution < 1.29 is 41.0 Å². The van der Waals surface area contributed by atoms with Crippen LogP contribution in [0.2, 0.25) is 10.0 Å². The molecule has 10 nitrogen and oxygen atoms in total. The number of ether oxygens (including phenoxy) is 2. The van der Waals surface area contributed by atoms with Gasteiger partial charge in [-0.2, -0.15) is 23.1 Å². The Morgan fingerprint density at radius 2 is 1.86 bits per heavy atom. The van der Waals surface area contributed by atoms with Gasteiger partial charge < -0.3 is 30.4 Å². The number of amides is 2. The number of imidazole rings is 1. The summed E-state index contributed by atoms with van der Waals surface area (Å²) in [4.78, 5) is 36.2. The highest BCUT2D eigenvalue weighted by molar-refractivity contribution is 6.39. The fourth-order valence-electron chi connectivity index (χ4n) is 4.57. The van der Waals surface area contributed by atoms with Gasteiger partial charge in [-0.05, 0) is 43.4 Å². The fourth-order valence-corrected chi connectivity index (χ4v) is 5.10. The molecule has 2 heterocycles. The number of methoxy groups -OCH3 is 1. The number of nitrogens with zero attached hydrogens (tertiary/aromatic N) is 2. The van der Waals surface area contributed by atoms with E-state index >= 15 is 0 Å². The third-order valence-electron chi connectivity index (χ3n) is 6.72. The smallest absolute Gasteiger partial charge is 0.391 e. The molecule has 4 rings (SSSR count). The average molecular weight is 653 g/mol. The number of hydrogen-bond donors (Lipinski definition) is 4. The molecule has 43 heavy (non-hydrogen) atoms. The van der Waals surface area contributed by atoms with Crippen LogP contribution >= 0.6 is 23.2 Å². The van der Waals surface area contributed by atoms with Gasteiger partial charge in [0, 0.05) is 19.7 Å². The van der Waals surface area contributed by atoms with Crippen molar-refractivity contribution in [3.63, 3.8) is 0 Å². The van der Waals surface area contributed by atoms with Gasteiger partial charge in [0.1, 0.15) is 12.2 Å². The Morgan fingerprint density at radius 1 is 1.14 bits per heavy atom. The van der Waals surface area contributed by atoms with Crippen LogP contribution in [-0.4, -0.2) is 65.7 Å². The van der Waals surface area contributed by atoms with Crippen molar-refractivity contribution in [2.75, 3.05) is 25.6 Å². The lowest BCUT2D eigenvalue weighted by atomic mass is 9.85. The van der Waals surface area contributed by atoms with Gasteiger partial charge >= 0.3 is 6.18 Å². The van der Waals surface area contributed by atoms with E-state index in [9.17, 15) is 31.5 Å². The van der Waals surface area contributed by atoms with Crippen molar-refractivity contribution in [2.24, 2.45) is 5.92 Å². The third kappa shape index (κ3) is 8.36. The van der Waals surface area contributed by atoms with Gasteiger partial charge in [0.2, 0.25) is 17.7 Å². The summed E-state index contributed by atoms with van der Waals surface area (Å²) in [6.45, 7) is -1.11. The number of halogens is 7. The summed E-state index contributed by atoms with van der Waals surface area (Å²) in [6.07, 6.45) is -7.23. The van der Waals surface area contributed by atoms with Gasteiger partial charge in [-0.1, -0.05) is 29.3 Å². The largest absolute Gasteiger partial charge is 0.471 e. The van der Waals surface area contributed by atoms with Crippen molar-refractivity contribution in [1.29, 1.82) is 0 Å². The first-order valence-corrected chi connectivity index (χ1v) is 13.8. The van der Waals surface area contributed by atoms with Gasteiger partial charge in [0.15, 0.2) is 12.3 Å². The predicted octanol–water partition coefficient (Wildman–Crippen LogP) is 5.77. The maximum atomic E-state index is 13.1. The molecular weight excluding hydrogens is 626 g/mol. The maximum Gasteiger partial charge on any atom is 0.391 e. The van der Waals surface area contributed by atoms with Crippen LogP contribution in [0, 0.1) is 5.92 Å². The Kier molecular flexibility index (Phi) is 10.5. The maximum absolute atomic E-state index is 13.1. The topological polar surface area (TPSA) is 130 Å². The number of alkyl halides is 5. The first-order chi connectivity index (χ1) is 20.3. The number of aromatic nitrogens is 3. The molecule has 3 aromatic rings. The molecular formula is C26H27Cl2F5N6O4. The van der Waals surface area contributed by atoms with Gasteiger partial charge in [-0.3, -0.25) is 9.59 Å². The van der Waals surface area contributed by atoms with Crippen LogP contribution in [-0.2, 0) is 16.1 Å². The van der Waals surface area contributed by atoms with E-state index in [1.54, 1.807) is 12.1 Å². The lowest BCUT2D eigenvalue weighted by Gasteiger charge is -2.30. The zero-order chi connectivity index (χ0) is 31.3. The standard InChI is InChI=1S/C26H27Cl2F5N6O4/c1-42-11-19(40)34-9-12-2-7-16(27)21(20(12)28)37-25-36-17-8-15(24(38-22(17)39-25)43-10-18(29)30)23(41)35-14-5-3-13(4-6-14)26(31,32)33/h2,7-8,13-14,18H,3-6,9-11H2,1H3,(H,34,40)(H,35,41)(H2,36,37,38,39). The van der Waals surface area contributed by atoms with E-state index in [0.29, 0.717) is 5.56 Å². The summed E-state index contributed by atoms with van der Waals surface area (Å²) in [6, 6.07) is 3.92. The van der Waals surface area contributed by atoms with Gasteiger partial charge in [0.05, 0.1) is 27.2 Å². The van der Waals surface area contributed by atoms with Crippen molar-refractivity contribution in [2.45, 2.75) is 50.9 Å². The number of H-pyrrole nitrogens is 1. The summed E-state index contributed by atoms with van der Waals surface area (Å²) in [5, 5.41) is 8.62. The molecule has 1 fully saturated rings. The number of hydrogen-bond acceptors (Lipinski definition) is 7. The Labute approximate surface area is 252 Å².